The van der Waals surface area contributed by atoms with Crippen molar-refractivity contribution in [3.63, 3.8) is 0 Å². The molecule has 1 saturated heterocycles. The van der Waals surface area contributed by atoms with Gasteiger partial charge in [-0.05, 0) is 6.08 Å². The molecular weight excluding hydrogens is 438 g/mol. The number of hydrogen-bond donors (Lipinski definition) is 5. The van der Waals surface area contributed by atoms with Gasteiger partial charge in [-0.3, -0.25) is 8.98 Å². The number of nitrogens with one attached hydrogen (secondary N) is 1. The van der Waals surface area contributed by atoms with Crippen molar-refractivity contribution in [2.75, 3.05) is 6.61 Å². The summed E-state index contributed by atoms with van der Waals surface area (Å²) in [7, 11) is -5.19. The van der Waals surface area contributed by atoms with E-state index in [1.807, 2.05) is 0 Å². The molecule has 1 unspecified atom stereocenters. The number of ether oxygens (including phenoxy) is 3. The number of carbonyl (C=O) groups is 2. The van der Waals surface area contributed by atoms with E-state index in [2.05, 4.69) is 9.50 Å². The Kier molecular flexibility index (Phi) is 7.72. The third-order valence-corrected chi connectivity index (χ3v) is 4.55. The highest BCUT2D eigenvalue weighted by Crippen LogP contribution is 2.28. The monoisotopic (exact) mass is 457 g/mol. The molecule has 0 spiro atoms. The summed E-state index contributed by atoms with van der Waals surface area (Å²) in [4.78, 5) is 22.4. The van der Waals surface area contributed by atoms with E-state index < -0.39 is 83.8 Å². The van der Waals surface area contributed by atoms with Crippen LogP contribution in [0.15, 0.2) is 11.8 Å². The van der Waals surface area contributed by atoms with Crippen molar-refractivity contribution >= 4 is 22.3 Å². The molecule has 5 N–H and O–H groups in total. The lowest BCUT2D eigenvalue weighted by atomic mass is 9.96. The number of carboxylic acids is 1. The van der Waals surface area contributed by atoms with Crippen molar-refractivity contribution in [2.24, 2.45) is 0 Å². The van der Waals surface area contributed by atoms with Crippen LogP contribution in [0.4, 0.5) is 0 Å². The van der Waals surface area contributed by atoms with Gasteiger partial charge >= 0.3 is 0 Å². The molecule has 30 heavy (non-hydrogen) atoms. The first kappa shape index (κ1) is 24.4. The van der Waals surface area contributed by atoms with Crippen LogP contribution in [0.1, 0.15) is 6.92 Å². The van der Waals surface area contributed by atoms with E-state index in [1.165, 1.54) is 0 Å². The largest absolute Gasteiger partial charge is 0.726 e. The molecule has 0 aliphatic carbocycles. The summed E-state index contributed by atoms with van der Waals surface area (Å²) in [6.07, 6.45) is -12.1. The molecule has 15 nitrogen and oxygen atoms in total. The molecule has 1 fully saturated rings. The fourth-order valence-corrected chi connectivity index (χ4v) is 3.10. The fraction of sp³-hybridized carbons (Fsp3) is 0.714. The second-order valence-corrected chi connectivity index (χ2v) is 7.41. The minimum atomic E-state index is -5.19. The van der Waals surface area contributed by atoms with Gasteiger partial charge in [-0.2, -0.15) is 0 Å². The van der Waals surface area contributed by atoms with Crippen LogP contribution in [0.5, 0.6) is 0 Å². The molecule has 2 heterocycles. The molecular formula is C14H19NO14S-2. The maximum Gasteiger partial charge on any atom is 0.229 e. The lowest BCUT2D eigenvalue weighted by Gasteiger charge is -2.45. The van der Waals surface area contributed by atoms with Crippen molar-refractivity contribution in [3.8, 4) is 0 Å². The Bertz CT molecular complexity index is 784. The van der Waals surface area contributed by atoms with Crippen molar-refractivity contribution < 1.29 is 66.5 Å². The zero-order valence-corrected chi connectivity index (χ0v) is 16.0. The molecule has 2 aliphatic heterocycles. The standard InChI is InChI=1S/C14H21NO14S/c1-4(16)15-8-11(10(19)7(27-13(8)22)3-26-30(23,24)25)29-14-9(18)5(17)2-6(28-14)12(20)21/h2,5,7-11,13-14,17-19,22H,3H2,1H3,(H,15,16)(H,20,21)(H,23,24,25)/p-2/t5-,7+,8+,9+,10+,11+,13?,14-/m0/s1. The SMILES string of the molecule is CC(=O)N[C@H]1C(O)O[C@H](COS(=O)(=O)[O-])[C@@H](O)[C@@H]1O[C@@H]1OC(C(=O)[O-])=C[C@H](O)[C@H]1O. The van der Waals surface area contributed by atoms with Crippen LogP contribution in [0.3, 0.4) is 0 Å². The summed E-state index contributed by atoms with van der Waals surface area (Å²) in [6, 6.07) is -1.53. The summed E-state index contributed by atoms with van der Waals surface area (Å²) in [6.45, 7) is -0.000369. The number of aliphatic hydroxyl groups excluding tert-OH is 4. The molecule has 1 amide bonds. The first-order valence-corrected chi connectivity index (χ1v) is 9.64. The van der Waals surface area contributed by atoms with Gasteiger partial charge in [0, 0.05) is 6.92 Å². The van der Waals surface area contributed by atoms with Gasteiger partial charge in [-0.25, -0.2) is 8.42 Å². The van der Waals surface area contributed by atoms with Crippen LogP contribution >= 0.6 is 0 Å². The zero-order chi connectivity index (χ0) is 22.8. The number of aliphatic hydroxyl groups is 4. The van der Waals surface area contributed by atoms with Gasteiger partial charge in [0.15, 0.2) is 6.29 Å². The van der Waals surface area contributed by atoms with Gasteiger partial charge in [-0.1, -0.05) is 0 Å². The minimum absolute atomic E-state index is 0.635. The predicted molar refractivity (Wildman–Crippen MR) is 85.0 cm³/mol. The average Bonchev–Trinajstić information content (AvgIpc) is 2.61. The summed E-state index contributed by atoms with van der Waals surface area (Å²) >= 11 is 0. The Balaban J connectivity index is 2.26. The molecule has 0 saturated carbocycles. The molecule has 0 aromatic heterocycles. The second-order valence-electron chi connectivity index (χ2n) is 6.36. The highest BCUT2D eigenvalue weighted by molar-refractivity contribution is 7.80. The quantitative estimate of drug-likeness (QED) is 0.177. The van der Waals surface area contributed by atoms with Crippen molar-refractivity contribution in [1.29, 1.82) is 0 Å². The summed E-state index contributed by atoms with van der Waals surface area (Å²) in [5.41, 5.74) is 0. The first-order chi connectivity index (χ1) is 13.8. The van der Waals surface area contributed by atoms with Crippen molar-refractivity contribution in [1.82, 2.24) is 5.32 Å². The molecule has 172 valence electrons. The van der Waals surface area contributed by atoms with E-state index in [1.54, 1.807) is 0 Å². The number of aliphatic carboxylic acids is 1. The molecule has 2 aliphatic rings. The fourth-order valence-electron chi connectivity index (χ4n) is 2.80. The number of carboxylic acid groups (broad SMARTS) is 1. The van der Waals surface area contributed by atoms with Gasteiger partial charge in [0.05, 0.1) is 6.61 Å². The smallest absolute Gasteiger partial charge is 0.229 e. The maximum atomic E-state index is 11.4. The lowest BCUT2D eigenvalue weighted by molar-refractivity contribution is -0.320. The number of amides is 1. The Morgan fingerprint density at radius 1 is 1.23 bits per heavy atom. The molecule has 0 bridgehead atoms. The van der Waals surface area contributed by atoms with E-state index >= 15 is 0 Å². The second kappa shape index (κ2) is 9.50. The Labute approximate surface area is 169 Å². The van der Waals surface area contributed by atoms with Gasteiger partial charge in [0.1, 0.15) is 48.3 Å². The lowest BCUT2D eigenvalue weighted by Crippen LogP contribution is -2.66. The number of carbonyl (C=O) groups excluding carboxylic acids is 2. The van der Waals surface area contributed by atoms with Crippen LogP contribution in [0.25, 0.3) is 0 Å². The molecule has 0 radical (unpaired) electrons. The molecule has 0 aromatic rings. The summed E-state index contributed by atoms with van der Waals surface area (Å²) in [5.74, 6) is -3.47. The Morgan fingerprint density at radius 3 is 2.40 bits per heavy atom. The van der Waals surface area contributed by atoms with E-state index in [0.717, 1.165) is 6.92 Å². The normalized spacial score (nSPS) is 37.1. The van der Waals surface area contributed by atoms with Crippen LogP contribution in [-0.2, 0) is 38.4 Å². The minimum Gasteiger partial charge on any atom is -0.726 e. The van der Waals surface area contributed by atoms with Gasteiger partial charge in [0.25, 0.3) is 0 Å². The van der Waals surface area contributed by atoms with Crippen LogP contribution in [0.2, 0.25) is 0 Å². The first-order valence-electron chi connectivity index (χ1n) is 8.30. The molecule has 16 heteroatoms. The topological polar surface area (TPSA) is 244 Å². The number of rotatable bonds is 7. The van der Waals surface area contributed by atoms with Gasteiger partial charge in [0.2, 0.25) is 22.6 Å². The third kappa shape index (κ3) is 6.06. The highest BCUT2D eigenvalue weighted by atomic mass is 32.3. The zero-order valence-electron chi connectivity index (χ0n) is 15.2. The number of hydrogen-bond acceptors (Lipinski definition) is 14. The van der Waals surface area contributed by atoms with Crippen molar-refractivity contribution in [2.45, 2.75) is 56.1 Å². The molecule has 8 atom stereocenters. The van der Waals surface area contributed by atoms with E-state index in [4.69, 9.17) is 14.2 Å². The highest BCUT2D eigenvalue weighted by Gasteiger charge is 2.49. The Hall–Kier alpha value is -1.89. The molecule has 2 rings (SSSR count). The van der Waals surface area contributed by atoms with Crippen LogP contribution < -0.4 is 10.4 Å². The Morgan fingerprint density at radius 2 is 1.87 bits per heavy atom. The average molecular weight is 457 g/mol. The van der Waals surface area contributed by atoms with Crippen LogP contribution in [0, 0.1) is 0 Å². The van der Waals surface area contributed by atoms with Gasteiger partial charge < -0.3 is 54.4 Å². The predicted octanol–water partition coefficient (Wildman–Crippen LogP) is -5.86. The third-order valence-electron chi connectivity index (χ3n) is 4.13. The van der Waals surface area contributed by atoms with Crippen molar-refractivity contribution in [3.05, 3.63) is 11.8 Å². The summed E-state index contributed by atoms with van der Waals surface area (Å²) in [5, 5.41) is 53.5. The van der Waals surface area contributed by atoms with E-state index in [9.17, 15) is 48.1 Å². The van der Waals surface area contributed by atoms with E-state index in [-0.39, 0.29) is 0 Å². The maximum absolute atomic E-state index is 11.4. The molecule has 0 aromatic carbocycles. The summed E-state index contributed by atoms with van der Waals surface area (Å²) < 4.78 is 51.0. The van der Waals surface area contributed by atoms with Crippen LogP contribution in [-0.4, -0.2) is 101 Å². The van der Waals surface area contributed by atoms with Gasteiger partial charge in [-0.15, -0.1) is 0 Å². The van der Waals surface area contributed by atoms with E-state index in [0.29, 0.717) is 6.08 Å².